The van der Waals surface area contributed by atoms with Gasteiger partial charge in [-0.1, -0.05) is 0 Å². The maximum absolute atomic E-state index is 7.58. The summed E-state index contributed by atoms with van der Waals surface area (Å²) >= 11 is 2.27. The number of aromatic nitrogens is 2. The van der Waals surface area contributed by atoms with E-state index in [1.807, 2.05) is 12.4 Å². The highest BCUT2D eigenvalue weighted by Gasteiger charge is 2.21. The molecule has 1 saturated heterocycles. The molecule has 2 aromatic rings. The summed E-state index contributed by atoms with van der Waals surface area (Å²) in [5.74, 6) is 0.674. The van der Waals surface area contributed by atoms with E-state index in [0.29, 0.717) is 18.3 Å². The molecule has 0 aliphatic carbocycles. The van der Waals surface area contributed by atoms with E-state index in [0.717, 1.165) is 35.3 Å². The van der Waals surface area contributed by atoms with Crippen LogP contribution in [-0.2, 0) is 6.54 Å². The first-order chi connectivity index (χ1) is 11.2. The molecule has 122 valence electrons. The zero-order chi connectivity index (χ0) is 16.2. The zero-order valence-electron chi connectivity index (χ0n) is 13.0. The highest BCUT2D eigenvalue weighted by molar-refractivity contribution is 14.2. The van der Waals surface area contributed by atoms with Crippen molar-refractivity contribution in [2.75, 3.05) is 6.54 Å². The molecule has 3 atom stereocenters. The van der Waals surface area contributed by atoms with Crippen molar-refractivity contribution in [1.29, 1.82) is 5.41 Å². The summed E-state index contributed by atoms with van der Waals surface area (Å²) in [6.07, 6.45) is 9.06. The van der Waals surface area contributed by atoms with Gasteiger partial charge in [-0.2, -0.15) is 0 Å². The lowest BCUT2D eigenvalue weighted by molar-refractivity contribution is 0.481. The van der Waals surface area contributed by atoms with Gasteiger partial charge in [0.25, 0.3) is 0 Å². The molecule has 0 saturated carbocycles. The molecular formula is C16H21IN5P. The van der Waals surface area contributed by atoms with Crippen LogP contribution in [0.25, 0.3) is 16.6 Å². The Hall–Kier alpha value is -0.980. The van der Waals surface area contributed by atoms with Gasteiger partial charge in [-0.3, -0.25) is 0 Å². The van der Waals surface area contributed by atoms with Gasteiger partial charge in [-0.05, 0) is 60.0 Å². The molecule has 0 radical (unpaired) electrons. The Morgan fingerprint density at radius 3 is 3.22 bits per heavy atom. The van der Waals surface area contributed by atoms with Crippen LogP contribution >= 0.6 is 28.4 Å². The normalized spacial score (nSPS) is 22.3. The Morgan fingerprint density at radius 1 is 1.65 bits per heavy atom. The van der Waals surface area contributed by atoms with Crippen molar-refractivity contribution in [2.24, 2.45) is 5.92 Å². The molecule has 3 unspecified atom stereocenters. The van der Waals surface area contributed by atoms with Gasteiger partial charge in [0, 0.05) is 60.3 Å². The van der Waals surface area contributed by atoms with E-state index in [4.69, 9.17) is 5.41 Å². The largest absolute Gasteiger partial charge is 0.364 e. The van der Waals surface area contributed by atoms with Crippen molar-refractivity contribution in [3.8, 4) is 0 Å². The van der Waals surface area contributed by atoms with Gasteiger partial charge in [-0.15, -0.1) is 0 Å². The SMILES string of the molecule is CC1CC(Cn2ccc3cc(/C(C=N)=C/NPI)cnc32)CN1. The molecule has 2 aromatic heterocycles. The lowest BCUT2D eigenvalue weighted by Crippen LogP contribution is -2.17. The summed E-state index contributed by atoms with van der Waals surface area (Å²) in [6.45, 7) is 4.34. The summed E-state index contributed by atoms with van der Waals surface area (Å²) in [5.41, 5.74) is 2.86. The average Bonchev–Trinajstić information content (AvgIpc) is 3.15. The van der Waals surface area contributed by atoms with Crippen LogP contribution in [0.3, 0.4) is 0 Å². The minimum absolute atomic E-state index is 0.594. The Balaban J connectivity index is 1.83. The molecule has 3 N–H and O–H groups in total. The van der Waals surface area contributed by atoms with E-state index >= 15 is 0 Å². The molecule has 3 rings (SSSR count). The summed E-state index contributed by atoms with van der Waals surface area (Å²) in [6, 6.07) is 4.85. The number of pyridine rings is 1. The maximum Gasteiger partial charge on any atom is 0.139 e. The van der Waals surface area contributed by atoms with Gasteiger partial charge < -0.3 is 20.4 Å². The van der Waals surface area contributed by atoms with E-state index in [1.54, 1.807) is 0 Å². The first-order valence-corrected chi connectivity index (χ1v) is 11.8. The monoisotopic (exact) mass is 441 g/mol. The minimum Gasteiger partial charge on any atom is -0.364 e. The van der Waals surface area contributed by atoms with E-state index in [2.05, 4.69) is 67.2 Å². The average molecular weight is 441 g/mol. The lowest BCUT2D eigenvalue weighted by Gasteiger charge is -2.11. The molecular weight excluding hydrogens is 420 g/mol. The minimum atomic E-state index is 0.594. The van der Waals surface area contributed by atoms with Crippen LogP contribution < -0.4 is 10.4 Å². The Morgan fingerprint density at radius 2 is 2.52 bits per heavy atom. The van der Waals surface area contributed by atoms with Gasteiger partial charge in [-0.25, -0.2) is 4.98 Å². The smallest absolute Gasteiger partial charge is 0.139 e. The number of halogens is 1. The molecule has 0 bridgehead atoms. The Kier molecular flexibility index (Phi) is 5.67. The molecule has 0 spiro atoms. The van der Waals surface area contributed by atoms with Gasteiger partial charge in [0.15, 0.2) is 0 Å². The van der Waals surface area contributed by atoms with Crippen molar-refractivity contribution in [3.05, 3.63) is 36.3 Å². The second kappa shape index (κ2) is 7.73. The van der Waals surface area contributed by atoms with Crippen molar-refractivity contribution in [3.63, 3.8) is 0 Å². The van der Waals surface area contributed by atoms with E-state index in [9.17, 15) is 0 Å². The van der Waals surface area contributed by atoms with Gasteiger partial charge in [0.2, 0.25) is 0 Å². The maximum atomic E-state index is 7.58. The predicted molar refractivity (Wildman–Crippen MR) is 108 cm³/mol. The third kappa shape index (κ3) is 3.92. The van der Waals surface area contributed by atoms with Crippen LogP contribution in [0.4, 0.5) is 0 Å². The first-order valence-electron chi connectivity index (χ1n) is 7.71. The van der Waals surface area contributed by atoms with Crippen molar-refractivity contribution < 1.29 is 0 Å². The highest BCUT2D eigenvalue weighted by Crippen LogP contribution is 2.23. The number of nitrogens with zero attached hydrogens (tertiary/aromatic N) is 2. The summed E-state index contributed by atoms with van der Waals surface area (Å²) in [7, 11) is 0. The standard InChI is InChI=1S/C16H21IN5P/c1-11-4-12(7-19-11)10-22-3-2-13-5-14(8-20-16(13)22)15(6-18)9-21-23-17/h2-3,5-6,8-9,11-12,18-19,21,23H,4,7,10H2,1H3/b15-9+,18-6?. The molecule has 7 heteroatoms. The zero-order valence-corrected chi connectivity index (χ0v) is 16.2. The number of nitrogens with one attached hydrogen (secondary N) is 3. The Bertz CT molecular complexity index is 726. The van der Waals surface area contributed by atoms with E-state index in [-0.39, 0.29) is 0 Å². The summed E-state index contributed by atoms with van der Waals surface area (Å²) < 4.78 is 2.25. The number of hydrogen-bond acceptors (Lipinski definition) is 4. The highest BCUT2D eigenvalue weighted by atomic mass is 127. The van der Waals surface area contributed by atoms with Gasteiger partial charge in [0.05, 0.1) is 0 Å². The van der Waals surface area contributed by atoms with E-state index < -0.39 is 0 Å². The van der Waals surface area contributed by atoms with Crippen LogP contribution in [0.5, 0.6) is 0 Å². The summed E-state index contributed by atoms with van der Waals surface area (Å²) in [5, 5.41) is 15.4. The first kappa shape index (κ1) is 16.9. The number of hydrogen-bond donors (Lipinski definition) is 3. The quantitative estimate of drug-likeness (QED) is 0.365. The molecule has 1 aliphatic rings. The lowest BCUT2D eigenvalue weighted by atomic mass is 10.1. The second-order valence-electron chi connectivity index (χ2n) is 6.00. The molecule has 3 heterocycles. The topological polar surface area (TPSA) is 65.7 Å². The Labute approximate surface area is 151 Å². The molecule has 0 amide bonds. The molecule has 5 nitrogen and oxygen atoms in total. The second-order valence-corrected chi connectivity index (χ2v) is 8.09. The number of allylic oxidation sites excluding steroid dienone is 1. The fourth-order valence-corrected chi connectivity index (χ4v) is 3.83. The van der Waals surface area contributed by atoms with E-state index in [1.165, 1.54) is 12.6 Å². The van der Waals surface area contributed by atoms with Crippen LogP contribution in [0.15, 0.2) is 30.7 Å². The van der Waals surface area contributed by atoms with Crippen LogP contribution in [-0.4, -0.2) is 28.4 Å². The molecule has 23 heavy (non-hydrogen) atoms. The number of fused-ring (bicyclic) bond motifs is 1. The van der Waals surface area contributed by atoms with Gasteiger partial charge in [0.1, 0.15) is 5.65 Å². The van der Waals surface area contributed by atoms with Crippen molar-refractivity contribution in [1.82, 2.24) is 20.0 Å². The van der Waals surface area contributed by atoms with Gasteiger partial charge >= 0.3 is 0 Å². The third-order valence-corrected chi connectivity index (χ3v) is 5.46. The molecule has 1 fully saturated rings. The van der Waals surface area contributed by atoms with Crippen molar-refractivity contribution in [2.45, 2.75) is 25.9 Å². The van der Waals surface area contributed by atoms with Crippen LogP contribution in [0.1, 0.15) is 18.9 Å². The third-order valence-electron chi connectivity index (χ3n) is 4.27. The van der Waals surface area contributed by atoms with Crippen LogP contribution in [0.2, 0.25) is 0 Å². The molecule has 1 aliphatic heterocycles. The predicted octanol–water partition coefficient (Wildman–Crippen LogP) is 3.56. The molecule has 0 aromatic carbocycles. The fourth-order valence-electron chi connectivity index (χ4n) is 3.15. The number of rotatable bonds is 6. The van der Waals surface area contributed by atoms with Crippen molar-refractivity contribution >= 4 is 51.2 Å². The van der Waals surface area contributed by atoms with Crippen LogP contribution in [0, 0.1) is 11.3 Å². The fraction of sp³-hybridized carbons (Fsp3) is 0.375. The summed E-state index contributed by atoms with van der Waals surface area (Å²) in [4.78, 5) is 4.65.